The van der Waals surface area contributed by atoms with Crippen LogP contribution in [0, 0.1) is 0 Å². The van der Waals surface area contributed by atoms with Gasteiger partial charge in [0.15, 0.2) is 0 Å². The van der Waals surface area contributed by atoms with E-state index in [4.69, 9.17) is 0 Å². The molecule has 104 valence electrons. The Kier molecular flexibility index (Phi) is 5.23. The van der Waals surface area contributed by atoms with Crippen LogP contribution in [0.1, 0.15) is 78.1 Å². The van der Waals surface area contributed by atoms with Crippen LogP contribution in [-0.2, 0) is 4.79 Å². The first-order valence-electron chi connectivity index (χ1n) is 8.05. The largest absolute Gasteiger partial charge is 0.300 e. The maximum atomic E-state index is 11.8. The fourth-order valence-corrected chi connectivity index (χ4v) is 4.02. The highest BCUT2D eigenvalue weighted by molar-refractivity contribution is 5.80. The Bertz CT molecular complexity index is 260. The molecule has 18 heavy (non-hydrogen) atoms. The van der Waals surface area contributed by atoms with Crippen LogP contribution in [-0.4, -0.2) is 28.8 Å². The van der Waals surface area contributed by atoms with Crippen molar-refractivity contribution in [1.29, 1.82) is 0 Å². The lowest BCUT2D eigenvalue weighted by atomic mass is 9.81. The monoisotopic (exact) mass is 251 g/mol. The van der Waals surface area contributed by atoms with E-state index in [2.05, 4.69) is 18.7 Å². The normalized spacial score (nSPS) is 30.4. The average molecular weight is 251 g/mol. The number of carbonyl (C=O) groups is 1. The summed E-state index contributed by atoms with van der Waals surface area (Å²) in [5.74, 6) is 0.520. The molecule has 2 rings (SSSR count). The molecule has 2 bridgehead atoms. The number of Topliss-reactive ketones (excluding diaryl/α,β-unsaturated/α-hetero) is 1. The highest BCUT2D eigenvalue weighted by atomic mass is 16.1. The van der Waals surface area contributed by atoms with Gasteiger partial charge in [-0.05, 0) is 25.7 Å². The molecule has 0 aliphatic carbocycles. The van der Waals surface area contributed by atoms with Crippen LogP contribution in [0.5, 0.6) is 0 Å². The highest BCUT2D eigenvalue weighted by Gasteiger charge is 2.40. The molecular weight excluding hydrogens is 222 g/mol. The van der Waals surface area contributed by atoms with Crippen LogP contribution in [0.25, 0.3) is 0 Å². The van der Waals surface area contributed by atoms with Gasteiger partial charge in [0.1, 0.15) is 5.78 Å². The zero-order valence-corrected chi connectivity index (χ0v) is 12.2. The van der Waals surface area contributed by atoms with Crippen molar-refractivity contribution >= 4 is 5.78 Å². The number of fused-ring (bicyclic) bond motifs is 2. The molecule has 2 heterocycles. The molecule has 2 aliphatic rings. The fraction of sp³-hybridized carbons (Fsp3) is 0.938. The van der Waals surface area contributed by atoms with Crippen molar-refractivity contribution in [2.75, 3.05) is 0 Å². The minimum Gasteiger partial charge on any atom is -0.300 e. The number of piperidine rings is 2. The highest BCUT2D eigenvalue weighted by Crippen LogP contribution is 2.36. The van der Waals surface area contributed by atoms with Gasteiger partial charge in [-0.15, -0.1) is 0 Å². The summed E-state index contributed by atoms with van der Waals surface area (Å²) < 4.78 is 0. The van der Waals surface area contributed by atoms with E-state index in [0.717, 1.165) is 18.9 Å². The van der Waals surface area contributed by atoms with Gasteiger partial charge in [0.05, 0.1) is 0 Å². The van der Waals surface area contributed by atoms with E-state index in [1.807, 2.05) is 0 Å². The molecule has 3 atom stereocenters. The van der Waals surface area contributed by atoms with Crippen LogP contribution in [0.2, 0.25) is 0 Å². The van der Waals surface area contributed by atoms with E-state index >= 15 is 0 Å². The molecule has 0 N–H and O–H groups in total. The molecule has 2 fully saturated rings. The molecule has 2 nitrogen and oxygen atoms in total. The molecule has 0 aromatic carbocycles. The van der Waals surface area contributed by atoms with Gasteiger partial charge in [-0.25, -0.2) is 0 Å². The summed E-state index contributed by atoms with van der Waals surface area (Å²) in [5, 5.41) is 0. The predicted molar refractivity (Wildman–Crippen MR) is 75.7 cm³/mol. The number of ketones is 1. The molecule has 0 saturated carbocycles. The summed E-state index contributed by atoms with van der Waals surface area (Å²) in [7, 11) is 0. The quantitative estimate of drug-likeness (QED) is 0.713. The van der Waals surface area contributed by atoms with Crippen molar-refractivity contribution in [2.45, 2.75) is 96.2 Å². The van der Waals surface area contributed by atoms with Gasteiger partial charge in [-0.3, -0.25) is 9.69 Å². The van der Waals surface area contributed by atoms with Gasteiger partial charge in [-0.2, -0.15) is 0 Å². The summed E-state index contributed by atoms with van der Waals surface area (Å²) in [6.45, 7) is 4.58. The Hall–Kier alpha value is -0.370. The van der Waals surface area contributed by atoms with E-state index in [0.29, 0.717) is 17.9 Å². The summed E-state index contributed by atoms with van der Waals surface area (Å²) in [4.78, 5) is 14.6. The topological polar surface area (TPSA) is 20.3 Å². The Morgan fingerprint density at radius 2 is 1.78 bits per heavy atom. The second kappa shape index (κ2) is 6.70. The maximum absolute atomic E-state index is 11.8. The summed E-state index contributed by atoms with van der Waals surface area (Å²) in [6, 6.07) is 1.91. The maximum Gasteiger partial charge on any atom is 0.136 e. The smallest absolute Gasteiger partial charge is 0.136 e. The van der Waals surface area contributed by atoms with Crippen LogP contribution in [0.4, 0.5) is 0 Å². The third kappa shape index (κ3) is 3.14. The molecule has 0 spiro atoms. The first kappa shape index (κ1) is 14.0. The fourth-order valence-electron chi connectivity index (χ4n) is 4.02. The van der Waals surface area contributed by atoms with Gasteiger partial charge < -0.3 is 0 Å². The Balaban J connectivity index is 2.05. The number of nitrogens with zero attached hydrogens (tertiary/aromatic N) is 1. The van der Waals surface area contributed by atoms with Gasteiger partial charge >= 0.3 is 0 Å². The number of carbonyl (C=O) groups excluding carboxylic acids is 1. The van der Waals surface area contributed by atoms with Gasteiger partial charge in [0.2, 0.25) is 0 Å². The summed E-state index contributed by atoms with van der Waals surface area (Å²) >= 11 is 0. The minimum atomic E-state index is 0.520. The van der Waals surface area contributed by atoms with Crippen LogP contribution in [0.15, 0.2) is 0 Å². The van der Waals surface area contributed by atoms with Crippen molar-refractivity contribution < 1.29 is 4.79 Å². The number of hydrogen-bond acceptors (Lipinski definition) is 2. The van der Waals surface area contributed by atoms with E-state index in [9.17, 15) is 4.79 Å². The zero-order chi connectivity index (χ0) is 13.0. The van der Waals surface area contributed by atoms with E-state index in [1.165, 1.54) is 51.4 Å². The van der Waals surface area contributed by atoms with Crippen molar-refractivity contribution in [1.82, 2.24) is 4.90 Å². The van der Waals surface area contributed by atoms with Crippen LogP contribution >= 0.6 is 0 Å². The van der Waals surface area contributed by atoms with Crippen LogP contribution < -0.4 is 0 Å². The SMILES string of the molecule is CCCCC(CCC)N1C2CCCC1CC(=O)C2. The average Bonchev–Trinajstić information content (AvgIpc) is 2.33. The Morgan fingerprint density at radius 1 is 1.11 bits per heavy atom. The molecular formula is C16H29NO. The van der Waals surface area contributed by atoms with Gasteiger partial charge in [0.25, 0.3) is 0 Å². The molecule has 2 saturated heterocycles. The van der Waals surface area contributed by atoms with Crippen molar-refractivity contribution in [3.05, 3.63) is 0 Å². The third-order valence-corrected chi connectivity index (χ3v) is 4.78. The molecule has 0 aromatic rings. The molecule has 0 amide bonds. The summed E-state index contributed by atoms with van der Waals surface area (Å²) in [6.07, 6.45) is 12.1. The predicted octanol–water partition coefficient (Wildman–Crippen LogP) is 3.93. The Morgan fingerprint density at radius 3 is 2.33 bits per heavy atom. The molecule has 0 radical (unpaired) electrons. The first-order chi connectivity index (χ1) is 8.76. The zero-order valence-electron chi connectivity index (χ0n) is 12.2. The number of unbranched alkanes of at least 4 members (excludes halogenated alkanes) is 1. The number of hydrogen-bond donors (Lipinski definition) is 0. The number of rotatable bonds is 6. The summed E-state index contributed by atoms with van der Waals surface area (Å²) in [5.41, 5.74) is 0. The van der Waals surface area contributed by atoms with Crippen LogP contribution in [0.3, 0.4) is 0 Å². The first-order valence-corrected chi connectivity index (χ1v) is 8.05. The minimum absolute atomic E-state index is 0.520. The van der Waals surface area contributed by atoms with Crippen molar-refractivity contribution in [2.24, 2.45) is 0 Å². The molecule has 0 aromatic heterocycles. The van der Waals surface area contributed by atoms with Gasteiger partial charge in [0, 0.05) is 31.0 Å². The van der Waals surface area contributed by atoms with Crippen molar-refractivity contribution in [3.8, 4) is 0 Å². The van der Waals surface area contributed by atoms with E-state index in [1.54, 1.807) is 0 Å². The second-order valence-electron chi connectivity index (χ2n) is 6.22. The van der Waals surface area contributed by atoms with Gasteiger partial charge in [-0.1, -0.05) is 39.5 Å². The molecule has 3 unspecified atom stereocenters. The lowest BCUT2D eigenvalue weighted by molar-refractivity contribution is -0.129. The van der Waals surface area contributed by atoms with Crippen molar-refractivity contribution in [3.63, 3.8) is 0 Å². The lowest BCUT2D eigenvalue weighted by Gasteiger charge is -2.49. The second-order valence-corrected chi connectivity index (χ2v) is 6.22. The Labute approximate surface area is 112 Å². The molecule has 2 heteroatoms. The molecule has 2 aliphatic heterocycles. The standard InChI is InChI=1S/C16H29NO/c1-3-5-8-13(7-4-2)17-14-9-6-10-15(17)12-16(18)11-14/h13-15H,3-12H2,1-2H3. The van der Waals surface area contributed by atoms with E-state index in [-0.39, 0.29) is 0 Å². The third-order valence-electron chi connectivity index (χ3n) is 4.78. The lowest BCUT2D eigenvalue weighted by Crippen LogP contribution is -2.56. The van der Waals surface area contributed by atoms with E-state index < -0.39 is 0 Å².